The highest BCUT2D eigenvalue weighted by atomic mass is 16.5. The summed E-state index contributed by atoms with van der Waals surface area (Å²) in [6, 6.07) is 7.15. The van der Waals surface area contributed by atoms with E-state index in [4.69, 9.17) is 15.2 Å². The number of Topliss-reactive ketones (excluding diaryl/α,β-unsaturated/α-hetero) is 1. The predicted molar refractivity (Wildman–Crippen MR) is 66.7 cm³/mol. The summed E-state index contributed by atoms with van der Waals surface area (Å²) in [5.41, 5.74) is 6.54. The highest BCUT2D eigenvalue weighted by Gasteiger charge is 2.32. The molecule has 1 aromatic carbocycles. The molecule has 0 radical (unpaired) electrons. The van der Waals surface area contributed by atoms with E-state index in [1.54, 1.807) is 0 Å². The number of rotatable bonds is 4. The Balaban J connectivity index is 1.69. The van der Waals surface area contributed by atoms with Gasteiger partial charge in [0.15, 0.2) is 5.78 Å². The zero-order valence-corrected chi connectivity index (χ0v) is 10.2. The molecule has 1 aliphatic heterocycles. The summed E-state index contributed by atoms with van der Waals surface area (Å²) in [5, 5.41) is 0. The number of benzene rings is 1. The summed E-state index contributed by atoms with van der Waals surface area (Å²) in [7, 11) is 0. The van der Waals surface area contributed by atoms with Crippen molar-refractivity contribution in [3.8, 4) is 5.75 Å². The molecule has 2 fully saturated rings. The van der Waals surface area contributed by atoms with Crippen LogP contribution in [0.1, 0.15) is 23.2 Å². The Labute approximate surface area is 106 Å². The first-order chi connectivity index (χ1) is 8.74. The van der Waals surface area contributed by atoms with Crippen molar-refractivity contribution in [2.45, 2.75) is 25.0 Å². The number of ketones is 1. The summed E-state index contributed by atoms with van der Waals surface area (Å²) in [6.07, 6.45) is 2.65. The van der Waals surface area contributed by atoms with E-state index in [9.17, 15) is 4.79 Å². The van der Waals surface area contributed by atoms with Gasteiger partial charge in [0.1, 0.15) is 5.75 Å². The molecule has 2 N–H and O–H groups in total. The third-order valence-electron chi connectivity index (χ3n) is 3.43. The van der Waals surface area contributed by atoms with E-state index in [0.29, 0.717) is 24.9 Å². The van der Waals surface area contributed by atoms with E-state index < -0.39 is 0 Å². The van der Waals surface area contributed by atoms with Crippen molar-refractivity contribution < 1.29 is 14.3 Å². The lowest BCUT2D eigenvalue weighted by Gasteiger charge is -2.12. The molecule has 2 aliphatic rings. The van der Waals surface area contributed by atoms with Crippen LogP contribution in [0.4, 0.5) is 0 Å². The van der Waals surface area contributed by atoms with E-state index in [2.05, 4.69) is 0 Å². The first-order valence-corrected chi connectivity index (χ1v) is 6.38. The Morgan fingerprint density at radius 2 is 1.94 bits per heavy atom. The van der Waals surface area contributed by atoms with Crippen LogP contribution in [0.25, 0.3) is 0 Å². The fourth-order valence-corrected chi connectivity index (χ4v) is 2.13. The van der Waals surface area contributed by atoms with Gasteiger partial charge in [0.25, 0.3) is 0 Å². The van der Waals surface area contributed by atoms with E-state index in [0.717, 1.165) is 18.6 Å². The van der Waals surface area contributed by atoms with Crippen LogP contribution in [0.15, 0.2) is 24.3 Å². The summed E-state index contributed by atoms with van der Waals surface area (Å²) >= 11 is 0. The van der Waals surface area contributed by atoms with Crippen molar-refractivity contribution in [1.82, 2.24) is 0 Å². The summed E-state index contributed by atoms with van der Waals surface area (Å²) in [4.78, 5) is 12.2. The van der Waals surface area contributed by atoms with Gasteiger partial charge in [-0.1, -0.05) is 0 Å². The normalized spacial score (nSPS) is 27.2. The molecule has 1 aromatic rings. The van der Waals surface area contributed by atoms with Crippen LogP contribution in [0.5, 0.6) is 5.75 Å². The van der Waals surface area contributed by atoms with Crippen LogP contribution in [0.3, 0.4) is 0 Å². The van der Waals surface area contributed by atoms with Crippen LogP contribution in [0, 0.1) is 5.92 Å². The van der Waals surface area contributed by atoms with Crippen molar-refractivity contribution in [2.75, 3.05) is 13.2 Å². The smallest absolute Gasteiger partial charge is 0.169 e. The lowest BCUT2D eigenvalue weighted by atomic mass is 9.94. The molecule has 2 unspecified atom stereocenters. The molecular formula is C14H17NO3. The van der Waals surface area contributed by atoms with E-state index in [1.165, 1.54) is 0 Å². The monoisotopic (exact) mass is 247 g/mol. The van der Waals surface area contributed by atoms with Gasteiger partial charge in [0.2, 0.25) is 0 Å². The molecular weight excluding hydrogens is 230 g/mol. The van der Waals surface area contributed by atoms with Crippen LogP contribution in [-0.2, 0) is 4.74 Å². The molecule has 3 rings (SSSR count). The summed E-state index contributed by atoms with van der Waals surface area (Å²) in [6.45, 7) is 0.902. The molecule has 1 heterocycles. The van der Waals surface area contributed by atoms with Gasteiger partial charge in [0, 0.05) is 11.6 Å². The van der Waals surface area contributed by atoms with Crippen molar-refractivity contribution in [3.63, 3.8) is 0 Å². The lowest BCUT2D eigenvalue weighted by Crippen LogP contribution is -2.34. The van der Waals surface area contributed by atoms with Crippen LogP contribution < -0.4 is 10.5 Å². The number of nitrogens with two attached hydrogens (primary N) is 1. The van der Waals surface area contributed by atoms with E-state index in [1.807, 2.05) is 24.3 Å². The second kappa shape index (κ2) is 4.71. The fourth-order valence-electron chi connectivity index (χ4n) is 2.13. The van der Waals surface area contributed by atoms with Gasteiger partial charge in [-0.05, 0) is 37.1 Å². The maximum absolute atomic E-state index is 12.2. The van der Waals surface area contributed by atoms with Gasteiger partial charge >= 0.3 is 0 Å². The Kier molecular flexibility index (Phi) is 3.06. The lowest BCUT2D eigenvalue weighted by molar-refractivity contribution is 0.0896. The van der Waals surface area contributed by atoms with E-state index in [-0.39, 0.29) is 17.7 Å². The minimum absolute atomic E-state index is 0.0676. The standard InChI is InChI=1S/C14H17NO3/c15-13-8-17-7-12(13)14(16)9-1-3-10(4-2-9)18-11-5-6-11/h1-4,11-13H,5-8,15H2. The molecule has 0 bridgehead atoms. The highest BCUT2D eigenvalue weighted by molar-refractivity contribution is 5.98. The summed E-state index contributed by atoms with van der Waals surface area (Å²) < 4.78 is 10.9. The number of carbonyl (C=O) groups excluding carboxylic acids is 1. The number of hydrogen-bond acceptors (Lipinski definition) is 4. The minimum atomic E-state index is -0.208. The SMILES string of the molecule is NC1COCC1C(=O)c1ccc(OC2CC2)cc1. The largest absolute Gasteiger partial charge is 0.490 e. The molecule has 96 valence electrons. The Hall–Kier alpha value is -1.39. The maximum Gasteiger partial charge on any atom is 0.169 e. The molecule has 4 heteroatoms. The van der Waals surface area contributed by atoms with Crippen molar-refractivity contribution in [2.24, 2.45) is 11.7 Å². The third kappa shape index (κ3) is 2.40. The van der Waals surface area contributed by atoms with Gasteiger partial charge in [-0.2, -0.15) is 0 Å². The van der Waals surface area contributed by atoms with Gasteiger partial charge < -0.3 is 15.2 Å². The minimum Gasteiger partial charge on any atom is -0.490 e. The maximum atomic E-state index is 12.2. The molecule has 1 aliphatic carbocycles. The Bertz CT molecular complexity index is 439. The van der Waals surface area contributed by atoms with Gasteiger partial charge in [-0.3, -0.25) is 4.79 Å². The Morgan fingerprint density at radius 3 is 2.50 bits per heavy atom. The van der Waals surface area contributed by atoms with Crippen LogP contribution in [0.2, 0.25) is 0 Å². The number of ether oxygens (including phenoxy) is 2. The molecule has 0 aromatic heterocycles. The summed E-state index contributed by atoms with van der Waals surface area (Å²) in [5.74, 6) is 0.694. The van der Waals surface area contributed by atoms with Crippen molar-refractivity contribution in [3.05, 3.63) is 29.8 Å². The first kappa shape index (κ1) is 11.7. The Morgan fingerprint density at radius 1 is 1.22 bits per heavy atom. The van der Waals surface area contributed by atoms with Crippen LogP contribution >= 0.6 is 0 Å². The zero-order chi connectivity index (χ0) is 12.5. The molecule has 18 heavy (non-hydrogen) atoms. The molecule has 1 saturated heterocycles. The first-order valence-electron chi connectivity index (χ1n) is 6.38. The number of hydrogen-bond donors (Lipinski definition) is 1. The second-order valence-corrected chi connectivity index (χ2v) is 5.01. The zero-order valence-electron chi connectivity index (χ0n) is 10.2. The van der Waals surface area contributed by atoms with Gasteiger partial charge in [-0.25, -0.2) is 0 Å². The predicted octanol–water partition coefficient (Wildman–Crippen LogP) is 1.38. The van der Waals surface area contributed by atoms with Crippen molar-refractivity contribution >= 4 is 5.78 Å². The molecule has 4 nitrogen and oxygen atoms in total. The average molecular weight is 247 g/mol. The third-order valence-corrected chi connectivity index (χ3v) is 3.43. The van der Waals surface area contributed by atoms with Crippen LogP contribution in [-0.4, -0.2) is 31.1 Å². The van der Waals surface area contributed by atoms with Crippen molar-refractivity contribution in [1.29, 1.82) is 0 Å². The van der Waals surface area contributed by atoms with E-state index >= 15 is 0 Å². The molecule has 2 atom stereocenters. The average Bonchev–Trinajstić information content (AvgIpc) is 3.09. The molecule has 1 saturated carbocycles. The van der Waals surface area contributed by atoms with Gasteiger partial charge in [0.05, 0.1) is 25.2 Å². The molecule has 0 amide bonds. The topological polar surface area (TPSA) is 61.5 Å². The number of carbonyl (C=O) groups is 1. The second-order valence-electron chi connectivity index (χ2n) is 5.01. The quantitative estimate of drug-likeness (QED) is 0.817. The van der Waals surface area contributed by atoms with Gasteiger partial charge in [-0.15, -0.1) is 0 Å². The fraction of sp³-hybridized carbons (Fsp3) is 0.500. The molecule has 0 spiro atoms. The highest BCUT2D eigenvalue weighted by Crippen LogP contribution is 2.27.